The first kappa shape index (κ1) is 14.7. The van der Waals surface area contributed by atoms with Gasteiger partial charge >= 0.3 is 20.1 Å². The van der Waals surface area contributed by atoms with Gasteiger partial charge < -0.3 is 0 Å². The molecule has 0 bridgehead atoms. The quantitative estimate of drug-likeness (QED) is 0.423. The summed E-state index contributed by atoms with van der Waals surface area (Å²) in [5, 5.41) is 0. The first-order chi connectivity index (χ1) is 10.4. The first-order valence-corrected chi connectivity index (χ1v) is 7.02. The van der Waals surface area contributed by atoms with Crippen LogP contribution in [-0.2, 0) is 20.1 Å². The van der Waals surface area contributed by atoms with Crippen molar-refractivity contribution in [1.82, 2.24) is 9.55 Å². The fraction of sp³-hybridized carbons (Fsp3) is 0. The summed E-state index contributed by atoms with van der Waals surface area (Å²) in [5.41, 5.74) is 4.39. The standard InChI is InChI=1S/C19H14N2.Ir/c1-3-9-15(10-4-1)19-20-17-13-7-8-14-18(17)21(19)16-11-5-2-6-12-16;/h1-14H;/q;+3. The number of imidazole rings is 1. The number of nitrogens with zero attached hydrogens (tertiary/aromatic N) is 2. The third kappa shape index (κ3) is 2.50. The molecule has 1 aromatic heterocycles. The van der Waals surface area contributed by atoms with Crippen LogP contribution in [0.3, 0.4) is 0 Å². The molecule has 0 saturated heterocycles. The molecule has 106 valence electrons. The molecule has 3 aromatic carbocycles. The van der Waals surface area contributed by atoms with E-state index in [0.29, 0.717) is 0 Å². The van der Waals surface area contributed by atoms with Crippen molar-refractivity contribution in [1.29, 1.82) is 0 Å². The Labute approximate surface area is 142 Å². The largest absolute Gasteiger partial charge is 3.00 e. The third-order valence-electron chi connectivity index (χ3n) is 3.61. The van der Waals surface area contributed by atoms with E-state index in [1.54, 1.807) is 0 Å². The van der Waals surface area contributed by atoms with Gasteiger partial charge in [-0.2, -0.15) is 0 Å². The van der Waals surface area contributed by atoms with Crippen molar-refractivity contribution in [3.8, 4) is 17.1 Å². The van der Waals surface area contributed by atoms with E-state index in [0.717, 1.165) is 28.1 Å². The molecular formula is C19H14IrN2+3. The molecule has 0 aliphatic carbocycles. The van der Waals surface area contributed by atoms with Gasteiger partial charge in [-0.25, -0.2) is 4.98 Å². The van der Waals surface area contributed by atoms with E-state index in [1.807, 2.05) is 30.3 Å². The van der Waals surface area contributed by atoms with E-state index in [2.05, 4.69) is 59.2 Å². The number of para-hydroxylation sites is 3. The summed E-state index contributed by atoms with van der Waals surface area (Å²) in [5.74, 6) is 0.975. The molecular weight excluding hydrogens is 448 g/mol. The Morgan fingerprint density at radius 1 is 0.636 bits per heavy atom. The van der Waals surface area contributed by atoms with Crippen molar-refractivity contribution in [2.24, 2.45) is 0 Å². The molecule has 0 aliphatic heterocycles. The van der Waals surface area contributed by atoms with Crippen LogP contribution in [0.25, 0.3) is 28.1 Å². The van der Waals surface area contributed by atoms with Crippen LogP contribution in [0.4, 0.5) is 0 Å². The summed E-state index contributed by atoms with van der Waals surface area (Å²) < 4.78 is 2.21. The summed E-state index contributed by atoms with van der Waals surface area (Å²) in [4.78, 5) is 4.82. The second-order valence-electron chi connectivity index (χ2n) is 4.96. The second kappa shape index (κ2) is 6.27. The maximum Gasteiger partial charge on any atom is 3.00 e. The molecule has 0 spiro atoms. The van der Waals surface area contributed by atoms with Gasteiger partial charge in [0.05, 0.1) is 11.0 Å². The van der Waals surface area contributed by atoms with Crippen molar-refractivity contribution >= 4 is 11.0 Å². The van der Waals surface area contributed by atoms with Crippen LogP contribution in [-0.4, -0.2) is 9.55 Å². The molecule has 22 heavy (non-hydrogen) atoms. The molecule has 0 N–H and O–H groups in total. The molecule has 0 atom stereocenters. The summed E-state index contributed by atoms with van der Waals surface area (Å²) >= 11 is 0. The minimum Gasteiger partial charge on any atom is -0.292 e. The van der Waals surface area contributed by atoms with Crippen molar-refractivity contribution in [3.05, 3.63) is 84.9 Å². The van der Waals surface area contributed by atoms with Crippen LogP contribution in [0, 0.1) is 0 Å². The zero-order valence-corrected chi connectivity index (χ0v) is 14.2. The van der Waals surface area contributed by atoms with Gasteiger partial charge in [-0.05, 0) is 24.3 Å². The fourth-order valence-corrected chi connectivity index (χ4v) is 2.65. The fourth-order valence-electron chi connectivity index (χ4n) is 2.65. The molecule has 0 unspecified atom stereocenters. The van der Waals surface area contributed by atoms with Crippen LogP contribution in [0.2, 0.25) is 0 Å². The SMILES string of the molecule is [Ir+3].c1ccc(-c2nc3ccccc3n2-c2ccccc2)cc1. The molecule has 0 radical (unpaired) electrons. The summed E-state index contributed by atoms with van der Waals surface area (Å²) in [6.45, 7) is 0. The maximum atomic E-state index is 4.82. The van der Waals surface area contributed by atoms with Gasteiger partial charge in [0.15, 0.2) is 0 Å². The van der Waals surface area contributed by atoms with E-state index < -0.39 is 0 Å². The van der Waals surface area contributed by atoms with Crippen molar-refractivity contribution in [3.63, 3.8) is 0 Å². The van der Waals surface area contributed by atoms with Gasteiger partial charge in [0.1, 0.15) is 5.82 Å². The Morgan fingerprint density at radius 2 is 1.23 bits per heavy atom. The van der Waals surface area contributed by atoms with Crippen LogP contribution >= 0.6 is 0 Å². The first-order valence-electron chi connectivity index (χ1n) is 7.02. The summed E-state index contributed by atoms with van der Waals surface area (Å²) in [6.07, 6.45) is 0. The van der Waals surface area contributed by atoms with Crippen LogP contribution in [0.5, 0.6) is 0 Å². The normalized spacial score (nSPS) is 10.4. The minimum absolute atomic E-state index is 0. The Kier molecular flexibility index (Phi) is 4.19. The number of hydrogen-bond acceptors (Lipinski definition) is 1. The van der Waals surface area contributed by atoms with E-state index >= 15 is 0 Å². The Hall–Kier alpha value is -2.22. The smallest absolute Gasteiger partial charge is 0.292 e. The third-order valence-corrected chi connectivity index (χ3v) is 3.61. The van der Waals surface area contributed by atoms with Gasteiger partial charge in [0.2, 0.25) is 0 Å². The molecule has 1 heterocycles. The van der Waals surface area contributed by atoms with E-state index in [4.69, 9.17) is 4.98 Å². The summed E-state index contributed by atoms with van der Waals surface area (Å²) in [6, 6.07) is 28.9. The van der Waals surface area contributed by atoms with Crippen LogP contribution < -0.4 is 0 Å². The van der Waals surface area contributed by atoms with Gasteiger partial charge in [0.25, 0.3) is 0 Å². The van der Waals surface area contributed by atoms with E-state index in [9.17, 15) is 0 Å². The summed E-state index contributed by atoms with van der Waals surface area (Å²) in [7, 11) is 0. The molecule has 2 nitrogen and oxygen atoms in total. The van der Waals surface area contributed by atoms with E-state index in [1.165, 1.54) is 0 Å². The second-order valence-corrected chi connectivity index (χ2v) is 4.96. The Balaban J connectivity index is 0.00000144. The van der Waals surface area contributed by atoms with Gasteiger partial charge in [-0.15, -0.1) is 0 Å². The molecule has 4 rings (SSSR count). The zero-order valence-electron chi connectivity index (χ0n) is 11.8. The number of rotatable bonds is 2. The van der Waals surface area contributed by atoms with Gasteiger partial charge in [-0.1, -0.05) is 60.7 Å². The molecule has 3 heteroatoms. The van der Waals surface area contributed by atoms with Crippen molar-refractivity contribution in [2.75, 3.05) is 0 Å². The molecule has 0 saturated carbocycles. The van der Waals surface area contributed by atoms with E-state index in [-0.39, 0.29) is 20.1 Å². The molecule has 4 aromatic rings. The van der Waals surface area contributed by atoms with Gasteiger partial charge in [-0.3, -0.25) is 4.57 Å². The maximum absolute atomic E-state index is 4.82. The molecule has 0 fully saturated rings. The van der Waals surface area contributed by atoms with Crippen molar-refractivity contribution < 1.29 is 20.1 Å². The number of benzene rings is 3. The topological polar surface area (TPSA) is 17.8 Å². The number of hydrogen-bond donors (Lipinski definition) is 0. The molecule has 0 aliphatic rings. The number of fused-ring (bicyclic) bond motifs is 1. The Bertz CT molecular complexity index is 883. The van der Waals surface area contributed by atoms with Gasteiger partial charge in [0, 0.05) is 11.3 Å². The predicted octanol–water partition coefficient (Wildman–Crippen LogP) is 4.69. The monoisotopic (exact) mass is 463 g/mol. The minimum atomic E-state index is 0. The predicted molar refractivity (Wildman–Crippen MR) is 86.5 cm³/mol. The molecule has 0 amide bonds. The average Bonchev–Trinajstić information content (AvgIpc) is 2.96. The number of aromatic nitrogens is 2. The van der Waals surface area contributed by atoms with Crippen LogP contribution in [0.15, 0.2) is 84.9 Å². The van der Waals surface area contributed by atoms with Crippen LogP contribution in [0.1, 0.15) is 0 Å². The van der Waals surface area contributed by atoms with Crippen molar-refractivity contribution in [2.45, 2.75) is 0 Å². The Morgan fingerprint density at radius 3 is 1.95 bits per heavy atom. The zero-order chi connectivity index (χ0) is 14.1. The average molecular weight is 463 g/mol.